The molecule has 0 saturated carbocycles. The molecule has 172 valence electrons. The lowest BCUT2D eigenvalue weighted by Crippen LogP contribution is -2.38. The van der Waals surface area contributed by atoms with Crippen LogP contribution in [0.25, 0.3) is 0 Å². The predicted octanol–water partition coefficient (Wildman–Crippen LogP) is 5.68. The average molecular weight is 414 g/mol. The van der Waals surface area contributed by atoms with E-state index in [1.54, 1.807) is 0 Å². The van der Waals surface area contributed by atoms with E-state index in [1.165, 1.54) is 64.2 Å². The van der Waals surface area contributed by atoms with Gasteiger partial charge < -0.3 is 15.2 Å². The molecule has 0 aromatic carbocycles. The van der Waals surface area contributed by atoms with Crippen LogP contribution in [-0.4, -0.2) is 36.2 Å². The topological polar surface area (TPSA) is 75.6 Å². The van der Waals surface area contributed by atoms with Crippen LogP contribution < -0.4 is 5.32 Å². The van der Waals surface area contributed by atoms with Crippen LogP contribution in [0.1, 0.15) is 123 Å². The lowest BCUT2D eigenvalue weighted by molar-refractivity contribution is -0.156. The molecule has 1 atom stereocenters. The van der Waals surface area contributed by atoms with Gasteiger partial charge in [0.25, 0.3) is 5.91 Å². The Balaban J connectivity index is 3.82. The molecule has 0 saturated heterocycles. The summed E-state index contributed by atoms with van der Waals surface area (Å²) in [6.45, 7) is 4.85. The van der Waals surface area contributed by atoms with Gasteiger partial charge >= 0.3 is 5.97 Å². The third-order valence-corrected chi connectivity index (χ3v) is 5.27. The highest BCUT2D eigenvalue weighted by molar-refractivity contribution is 5.83. The van der Waals surface area contributed by atoms with Crippen LogP contribution >= 0.6 is 0 Å². The summed E-state index contributed by atoms with van der Waals surface area (Å²) in [4.78, 5) is 24.3. The van der Waals surface area contributed by atoms with Crippen molar-refractivity contribution in [1.82, 2.24) is 5.32 Å². The van der Waals surface area contributed by atoms with Crippen LogP contribution in [-0.2, 0) is 14.3 Å². The first-order valence-corrected chi connectivity index (χ1v) is 12.2. The summed E-state index contributed by atoms with van der Waals surface area (Å²) in [6, 6.07) is 0. The van der Waals surface area contributed by atoms with E-state index in [0.717, 1.165) is 32.1 Å². The fourth-order valence-electron chi connectivity index (χ4n) is 3.39. The van der Waals surface area contributed by atoms with Crippen LogP contribution in [0.2, 0.25) is 0 Å². The number of aliphatic hydroxyl groups is 1. The molecule has 1 amide bonds. The minimum Gasteiger partial charge on any atom is -0.452 e. The minimum atomic E-state index is -0.869. The number of unbranched alkanes of at least 4 members (excludes halogenated alkanes) is 13. The van der Waals surface area contributed by atoms with Crippen molar-refractivity contribution >= 4 is 11.9 Å². The molecule has 0 aliphatic carbocycles. The monoisotopic (exact) mass is 413 g/mol. The number of ether oxygens (including phenoxy) is 1. The van der Waals surface area contributed by atoms with Crippen molar-refractivity contribution < 1.29 is 19.4 Å². The Bertz CT molecular complexity index is 387. The highest BCUT2D eigenvalue weighted by Crippen LogP contribution is 2.11. The first kappa shape index (κ1) is 27.9. The second-order valence-electron chi connectivity index (χ2n) is 8.13. The number of amides is 1. The van der Waals surface area contributed by atoms with Gasteiger partial charge in [0.1, 0.15) is 0 Å². The molecule has 29 heavy (non-hydrogen) atoms. The summed E-state index contributed by atoms with van der Waals surface area (Å²) >= 11 is 0. The van der Waals surface area contributed by atoms with E-state index in [2.05, 4.69) is 19.2 Å². The van der Waals surface area contributed by atoms with Crippen molar-refractivity contribution in [2.24, 2.45) is 0 Å². The van der Waals surface area contributed by atoms with Crippen LogP contribution in [0.15, 0.2) is 0 Å². The third kappa shape index (κ3) is 18.7. The predicted molar refractivity (Wildman–Crippen MR) is 120 cm³/mol. The molecule has 0 heterocycles. The van der Waals surface area contributed by atoms with E-state index in [9.17, 15) is 9.59 Å². The van der Waals surface area contributed by atoms with Gasteiger partial charge in [-0.15, -0.1) is 0 Å². The zero-order chi connectivity index (χ0) is 21.6. The van der Waals surface area contributed by atoms with Gasteiger partial charge in [0.2, 0.25) is 0 Å². The van der Waals surface area contributed by atoms with E-state index in [0.29, 0.717) is 13.0 Å². The molecular formula is C24H47NO4. The van der Waals surface area contributed by atoms with Crippen molar-refractivity contribution in [3.05, 3.63) is 0 Å². The molecule has 0 aliphatic heterocycles. The van der Waals surface area contributed by atoms with E-state index < -0.39 is 6.10 Å². The Morgan fingerprint density at radius 1 is 0.759 bits per heavy atom. The number of carbonyl (C=O) groups excluding carboxylic acids is 2. The number of hydrogen-bond acceptors (Lipinski definition) is 4. The molecule has 0 spiro atoms. The average Bonchev–Trinajstić information content (AvgIpc) is 2.71. The molecule has 5 nitrogen and oxygen atoms in total. The normalized spacial score (nSPS) is 12.0. The second-order valence-corrected chi connectivity index (χ2v) is 8.13. The second kappa shape index (κ2) is 21.6. The zero-order valence-electron chi connectivity index (χ0n) is 19.2. The van der Waals surface area contributed by atoms with Crippen molar-refractivity contribution in [2.75, 3.05) is 13.2 Å². The smallest absolute Gasteiger partial charge is 0.306 e. The molecule has 0 rings (SSSR count). The largest absolute Gasteiger partial charge is 0.452 e. The molecule has 1 unspecified atom stereocenters. The summed E-state index contributed by atoms with van der Waals surface area (Å²) in [5.74, 6) is -0.617. The maximum atomic E-state index is 12.2. The van der Waals surface area contributed by atoms with Crippen molar-refractivity contribution in [2.45, 2.75) is 129 Å². The molecule has 0 radical (unpaired) electrons. The van der Waals surface area contributed by atoms with Gasteiger partial charge in [-0.2, -0.15) is 0 Å². The molecular weight excluding hydrogens is 366 g/mol. The van der Waals surface area contributed by atoms with Crippen LogP contribution in [0.5, 0.6) is 0 Å². The lowest BCUT2D eigenvalue weighted by atomic mass is 10.1. The molecule has 2 N–H and O–H groups in total. The Morgan fingerprint density at radius 3 is 1.76 bits per heavy atom. The third-order valence-electron chi connectivity index (χ3n) is 5.27. The van der Waals surface area contributed by atoms with Crippen LogP contribution in [0.4, 0.5) is 0 Å². The Labute approximate surface area is 179 Å². The maximum absolute atomic E-state index is 12.2. The van der Waals surface area contributed by atoms with E-state index >= 15 is 0 Å². The highest BCUT2D eigenvalue weighted by Gasteiger charge is 2.21. The molecule has 5 heteroatoms. The van der Waals surface area contributed by atoms with Crippen molar-refractivity contribution in [3.8, 4) is 0 Å². The van der Waals surface area contributed by atoms with Crippen molar-refractivity contribution in [1.29, 1.82) is 0 Å². The molecule has 0 aromatic rings. The van der Waals surface area contributed by atoms with E-state index in [-0.39, 0.29) is 24.9 Å². The molecule has 0 fully saturated rings. The number of aliphatic hydroxyl groups excluding tert-OH is 1. The fraction of sp³-hybridized carbons (Fsp3) is 0.917. The van der Waals surface area contributed by atoms with Gasteiger partial charge in [-0.3, -0.25) is 9.59 Å². The maximum Gasteiger partial charge on any atom is 0.306 e. The zero-order valence-corrected chi connectivity index (χ0v) is 19.2. The van der Waals surface area contributed by atoms with Gasteiger partial charge in [0.15, 0.2) is 6.10 Å². The van der Waals surface area contributed by atoms with Gasteiger partial charge in [0, 0.05) is 26.0 Å². The highest BCUT2D eigenvalue weighted by atomic mass is 16.5. The van der Waals surface area contributed by atoms with Gasteiger partial charge in [-0.1, -0.05) is 97.3 Å². The fourth-order valence-corrected chi connectivity index (χ4v) is 3.39. The first-order chi connectivity index (χ1) is 14.2. The van der Waals surface area contributed by atoms with E-state index in [1.807, 2.05) is 0 Å². The minimum absolute atomic E-state index is 0.159. The first-order valence-electron chi connectivity index (χ1n) is 12.2. The quantitative estimate of drug-likeness (QED) is 0.187. The summed E-state index contributed by atoms with van der Waals surface area (Å²) in [5, 5.41) is 12.0. The number of esters is 1. The summed E-state index contributed by atoms with van der Waals surface area (Å²) in [6.07, 6.45) is 17.3. The van der Waals surface area contributed by atoms with Crippen LogP contribution in [0, 0.1) is 0 Å². The summed E-state index contributed by atoms with van der Waals surface area (Å²) in [7, 11) is 0. The number of carbonyl (C=O) groups is 2. The van der Waals surface area contributed by atoms with Crippen molar-refractivity contribution in [3.63, 3.8) is 0 Å². The van der Waals surface area contributed by atoms with Gasteiger partial charge in [-0.25, -0.2) is 0 Å². The lowest BCUT2D eigenvalue weighted by Gasteiger charge is -2.17. The molecule has 0 aromatic heterocycles. The van der Waals surface area contributed by atoms with Crippen LogP contribution in [0.3, 0.4) is 0 Å². The molecule has 0 aliphatic rings. The van der Waals surface area contributed by atoms with Gasteiger partial charge in [-0.05, 0) is 12.8 Å². The standard InChI is InChI=1S/C24H47NO4/c1-3-5-7-9-11-12-13-14-16-18-23(27)29-22(19-21-26)24(28)25-20-17-15-10-8-6-4-2/h22,26H,3-21H2,1-2H3,(H,25,28). The SMILES string of the molecule is CCCCCCCCCCCC(=O)OC(CCO)C(=O)NCCCCCCCC. The Morgan fingerprint density at radius 2 is 1.24 bits per heavy atom. The number of nitrogens with one attached hydrogen (secondary N) is 1. The Hall–Kier alpha value is -1.10. The Kier molecular flexibility index (Phi) is 20.8. The number of hydrogen-bond donors (Lipinski definition) is 2. The molecule has 0 bridgehead atoms. The summed E-state index contributed by atoms with van der Waals surface area (Å²) in [5.41, 5.74) is 0. The summed E-state index contributed by atoms with van der Waals surface area (Å²) < 4.78 is 5.32. The number of rotatable bonds is 21. The van der Waals surface area contributed by atoms with E-state index in [4.69, 9.17) is 9.84 Å². The van der Waals surface area contributed by atoms with Gasteiger partial charge in [0.05, 0.1) is 0 Å².